The number of anilines is 1. The van der Waals surface area contributed by atoms with E-state index in [2.05, 4.69) is 10.3 Å². The maximum atomic E-state index is 12.2. The minimum absolute atomic E-state index is 0.120. The molecular weight excluding hydrogens is 386 g/mol. The van der Waals surface area contributed by atoms with Crippen molar-refractivity contribution in [3.63, 3.8) is 0 Å². The highest BCUT2D eigenvalue weighted by Crippen LogP contribution is 2.30. The summed E-state index contributed by atoms with van der Waals surface area (Å²) in [6.07, 6.45) is 2.00. The fraction of sp³-hybridized carbons (Fsp3) is 0.0455. The zero-order valence-electron chi connectivity index (χ0n) is 15.3. The van der Waals surface area contributed by atoms with Crippen LogP contribution in [0, 0.1) is 0 Å². The van der Waals surface area contributed by atoms with E-state index in [4.69, 9.17) is 5.21 Å². The first kappa shape index (κ1) is 18.8. The average molecular weight is 403 g/mol. The number of hydrogen-bond donors (Lipinski definition) is 3. The van der Waals surface area contributed by atoms with Crippen molar-refractivity contribution in [1.82, 2.24) is 10.5 Å². The number of nitrogens with zero attached hydrogens (tertiary/aromatic N) is 1. The Morgan fingerprint density at radius 3 is 2.48 bits per heavy atom. The van der Waals surface area contributed by atoms with Crippen LogP contribution in [0.1, 0.15) is 15.2 Å². The fourth-order valence-electron chi connectivity index (χ4n) is 3.00. The zero-order valence-corrected chi connectivity index (χ0v) is 16.1. The first-order valence-electron chi connectivity index (χ1n) is 8.90. The van der Waals surface area contributed by atoms with Crippen LogP contribution in [0.3, 0.4) is 0 Å². The minimum Gasteiger partial charge on any atom is -0.310 e. The average Bonchev–Trinajstić information content (AvgIpc) is 3.18. The number of rotatable bonds is 5. The Morgan fingerprint density at radius 2 is 1.76 bits per heavy atom. The van der Waals surface area contributed by atoms with Crippen LogP contribution in [0.5, 0.6) is 0 Å². The lowest BCUT2D eigenvalue weighted by Crippen LogP contribution is -2.16. The van der Waals surface area contributed by atoms with Crippen LogP contribution in [-0.4, -0.2) is 22.0 Å². The second-order valence-corrected chi connectivity index (χ2v) is 7.53. The molecule has 0 aliphatic carbocycles. The monoisotopic (exact) mass is 403 g/mol. The SMILES string of the molecule is O=C(Cc1ccccc1)Nc1ccc(-c2ccc3sc(C(=O)NO)cc3c2)cn1. The van der Waals surface area contributed by atoms with Gasteiger partial charge in [0.25, 0.3) is 5.91 Å². The van der Waals surface area contributed by atoms with Gasteiger partial charge in [-0.25, -0.2) is 10.5 Å². The lowest BCUT2D eigenvalue weighted by molar-refractivity contribution is -0.115. The van der Waals surface area contributed by atoms with E-state index in [1.54, 1.807) is 23.8 Å². The number of carbonyl (C=O) groups is 2. The van der Waals surface area contributed by atoms with Gasteiger partial charge in [0.1, 0.15) is 5.82 Å². The third-order valence-corrected chi connectivity index (χ3v) is 5.53. The van der Waals surface area contributed by atoms with Crippen LogP contribution in [-0.2, 0) is 11.2 Å². The largest absolute Gasteiger partial charge is 0.310 e. The smallest absolute Gasteiger partial charge is 0.284 e. The van der Waals surface area contributed by atoms with E-state index in [0.717, 1.165) is 26.8 Å². The third-order valence-electron chi connectivity index (χ3n) is 4.41. The molecule has 3 N–H and O–H groups in total. The molecule has 2 aromatic heterocycles. The highest BCUT2D eigenvalue weighted by atomic mass is 32.1. The Hall–Kier alpha value is -3.55. The van der Waals surface area contributed by atoms with Crippen LogP contribution < -0.4 is 10.8 Å². The molecule has 2 aromatic carbocycles. The van der Waals surface area contributed by atoms with Gasteiger partial charge in [0.05, 0.1) is 11.3 Å². The maximum absolute atomic E-state index is 12.2. The molecule has 0 bridgehead atoms. The molecule has 4 rings (SSSR count). The van der Waals surface area contributed by atoms with Crippen molar-refractivity contribution in [3.05, 3.63) is 83.4 Å². The van der Waals surface area contributed by atoms with Gasteiger partial charge in [0.15, 0.2) is 0 Å². The predicted octanol–water partition coefficient (Wildman–Crippen LogP) is 4.26. The van der Waals surface area contributed by atoms with Crippen molar-refractivity contribution in [3.8, 4) is 11.1 Å². The highest BCUT2D eigenvalue weighted by Gasteiger charge is 2.10. The van der Waals surface area contributed by atoms with Gasteiger partial charge < -0.3 is 5.32 Å². The Labute approximate surface area is 170 Å². The van der Waals surface area contributed by atoms with Gasteiger partial charge >= 0.3 is 0 Å². The molecule has 2 amide bonds. The van der Waals surface area contributed by atoms with Crippen molar-refractivity contribution in [2.75, 3.05) is 5.32 Å². The summed E-state index contributed by atoms with van der Waals surface area (Å²) >= 11 is 1.31. The molecule has 0 aliphatic rings. The second kappa shape index (κ2) is 8.22. The molecule has 0 spiro atoms. The van der Waals surface area contributed by atoms with Gasteiger partial charge in [0.2, 0.25) is 5.91 Å². The topological polar surface area (TPSA) is 91.3 Å². The Bertz CT molecular complexity index is 1170. The summed E-state index contributed by atoms with van der Waals surface area (Å²) in [6, 6.07) is 20.8. The first-order chi connectivity index (χ1) is 14.1. The van der Waals surface area contributed by atoms with Crippen molar-refractivity contribution < 1.29 is 14.8 Å². The number of fused-ring (bicyclic) bond motifs is 1. The minimum atomic E-state index is -0.523. The van der Waals surface area contributed by atoms with Gasteiger partial charge in [-0.1, -0.05) is 36.4 Å². The molecule has 0 saturated carbocycles. The molecule has 0 atom stereocenters. The molecule has 7 heteroatoms. The summed E-state index contributed by atoms with van der Waals surface area (Å²) in [7, 11) is 0. The quantitative estimate of drug-likeness (QED) is 0.343. The Morgan fingerprint density at radius 1 is 0.966 bits per heavy atom. The van der Waals surface area contributed by atoms with E-state index < -0.39 is 5.91 Å². The van der Waals surface area contributed by atoms with E-state index in [1.807, 2.05) is 54.6 Å². The molecule has 2 heterocycles. The van der Waals surface area contributed by atoms with Crippen molar-refractivity contribution in [2.24, 2.45) is 0 Å². The summed E-state index contributed by atoms with van der Waals surface area (Å²) in [5, 5.41) is 12.5. The number of benzene rings is 2. The summed E-state index contributed by atoms with van der Waals surface area (Å²) in [5.41, 5.74) is 4.44. The Kier molecular flexibility index (Phi) is 5.33. The lowest BCUT2D eigenvalue weighted by Gasteiger charge is -2.06. The normalized spacial score (nSPS) is 10.7. The van der Waals surface area contributed by atoms with E-state index in [9.17, 15) is 9.59 Å². The van der Waals surface area contributed by atoms with Crippen molar-refractivity contribution in [2.45, 2.75) is 6.42 Å². The number of hydrogen-bond acceptors (Lipinski definition) is 5. The molecule has 0 radical (unpaired) electrons. The van der Waals surface area contributed by atoms with Crippen molar-refractivity contribution in [1.29, 1.82) is 0 Å². The summed E-state index contributed by atoms with van der Waals surface area (Å²) in [4.78, 5) is 28.5. The van der Waals surface area contributed by atoms with Crippen LogP contribution in [0.15, 0.2) is 72.9 Å². The standard InChI is InChI=1S/C22H17N3O3S/c26-21(10-14-4-2-1-3-5-14)24-20-9-7-16(13-23-20)15-6-8-18-17(11-15)12-19(29-18)22(27)25-28/h1-9,11-13,28H,10H2,(H,25,27)(H,23,24,26). The molecular formula is C22H17N3O3S. The van der Waals surface area contributed by atoms with Crippen LogP contribution in [0.4, 0.5) is 5.82 Å². The van der Waals surface area contributed by atoms with Gasteiger partial charge in [0, 0.05) is 16.5 Å². The van der Waals surface area contributed by atoms with E-state index in [1.165, 1.54) is 11.3 Å². The molecule has 0 saturated heterocycles. The number of aromatic nitrogens is 1. The number of carbonyl (C=O) groups excluding carboxylic acids is 2. The number of pyridine rings is 1. The molecule has 0 fully saturated rings. The predicted molar refractivity (Wildman–Crippen MR) is 113 cm³/mol. The summed E-state index contributed by atoms with van der Waals surface area (Å²) < 4.78 is 0.949. The number of thiophene rings is 1. The molecule has 144 valence electrons. The molecule has 4 aromatic rings. The van der Waals surface area contributed by atoms with Gasteiger partial charge in [-0.05, 0) is 46.8 Å². The first-order valence-corrected chi connectivity index (χ1v) is 9.72. The van der Waals surface area contributed by atoms with E-state index in [-0.39, 0.29) is 5.91 Å². The van der Waals surface area contributed by atoms with Gasteiger partial charge in [-0.15, -0.1) is 11.3 Å². The lowest BCUT2D eigenvalue weighted by atomic mass is 10.1. The summed E-state index contributed by atoms with van der Waals surface area (Å²) in [6.45, 7) is 0. The number of nitrogens with one attached hydrogen (secondary N) is 2. The zero-order chi connectivity index (χ0) is 20.2. The second-order valence-electron chi connectivity index (χ2n) is 6.45. The molecule has 0 unspecified atom stereocenters. The van der Waals surface area contributed by atoms with Crippen molar-refractivity contribution >= 4 is 39.1 Å². The third kappa shape index (κ3) is 4.31. The maximum Gasteiger partial charge on any atom is 0.284 e. The highest BCUT2D eigenvalue weighted by molar-refractivity contribution is 7.20. The van der Waals surface area contributed by atoms with Crippen LogP contribution in [0.25, 0.3) is 21.2 Å². The fourth-order valence-corrected chi connectivity index (χ4v) is 3.93. The van der Waals surface area contributed by atoms with Crippen LogP contribution in [0.2, 0.25) is 0 Å². The van der Waals surface area contributed by atoms with E-state index >= 15 is 0 Å². The molecule has 0 aliphatic heterocycles. The summed E-state index contributed by atoms with van der Waals surface area (Å²) in [5.74, 6) is -0.149. The number of amides is 2. The van der Waals surface area contributed by atoms with Gasteiger partial charge in [-0.3, -0.25) is 14.8 Å². The molecule has 29 heavy (non-hydrogen) atoms. The number of hydroxylamine groups is 1. The van der Waals surface area contributed by atoms with Crippen LogP contribution >= 0.6 is 11.3 Å². The van der Waals surface area contributed by atoms with E-state index in [0.29, 0.717) is 17.1 Å². The molecule has 6 nitrogen and oxygen atoms in total. The Balaban J connectivity index is 1.48. The van der Waals surface area contributed by atoms with Gasteiger partial charge in [-0.2, -0.15) is 0 Å².